The van der Waals surface area contributed by atoms with Gasteiger partial charge in [0.05, 0.1) is 0 Å². The lowest BCUT2D eigenvalue weighted by Crippen LogP contribution is -2.21. The van der Waals surface area contributed by atoms with Crippen molar-refractivity contribution in [3.63, 3.8) is 0 Å². The maximum absolute atomic E-state index is 12.4. The average Bonchev–Trinajstić information content (AvgIpc) is 3.10. The van der Waals surface area contributed by atoms with Crippen LogP contribution in [0.5, 0.6) is 0 Å². The molecule has 0 amide bonds. The van der Waals surface area contributed by atoms with E-state index in [1.54, 1.807) is 0 Å². The highest BCUT2D eigenvalue weighted by Crippen LogP contribution is 2.28. The summed E-state index contributed by atoms with van der Waals surface area (Å²) in [5.41, 5.74) is 6.93. The second-order valence-electron chi connectivity index (χ2n) is 8.61. The molecule has 4 aromatic rings. The number of hydrogen-bond acceptors (Lipinski definition) is 2. The summed E-state index contributed by atoms with van der Waals surface area (Å²) < 4.78 is 1.96. The molecular weight excluding hydrogens is 396 g/mol. The van der Waals surface area contributed by atoms with E-state index in [0.717, 1.165) is 28.6 Å². The van der Waals surface area contributed by atoms with E-state index in [9.17, 15) is 9.90 Å². The Balaban J connectivity index is 1.67. The third-order valence-electron chi connectivity index (χ3n) is 6.23. The zero-order valence-electron chi connectivity index (χ0n) is 18.9. The highest BCUT2D eigenvalue weighted by Gasteiger charge is 2.22. The number of carboxylic acid groups (broad SMARTS) is 1. The van der Waals surface area contributed by atoms with Gasteiger partial charge in [-0.2, -0.15) is 0 Å². The predicted octanol–water partition coefficient (Wildman–Crippen LogP) is 5.90. The van der Waals surface area contributed by atoms with Gasteiger partial charge >= 0.3 is 5.97 Å². The second kappa shape index (κ2) is 9.41. The fourth-order valence-corrected chi connectivity index (χ4v) is 4.42. The van der Waals surface area contributed by atoms with Crippen molar-refractivity contribution in [3.05, 3.63) is 106 Å². The van der Waals surface area contributed by atoms with Crippen molar-refractivity contribution in [2.24, 2.45) is 0 Å². The van der Waals surface area contributed by atoms with E-state index in [2.05, 4.69) is 68.6 Å². The number of fused-ring (bicyclic) bond motifs is 1. The lowest BCUT2D eigenvalue weighted by Gasteiger charge is -2.14. The predicted molar refractivity (Wildman–Crippen MR) is 130 cm³/mol. The van der Waals surface area contributed by atoms with Crippen LogP contribution < -0.4 is 5.32 Å². The maximum Gasteiger partial charge on any atom is 0.352 e. The minimum Gasteiger partial charge on any atom is -0.477 e. The molecule has 0 fully saturated rings. The molecule has 0 aliphatic carbocycles. The number of aromatic carboxylic acids is 1. The van der Waals surface area contributed by atoms with E-state index < -0.39 is 5.97 Å². The summed E-state index contributed by atoms with van der Waals surface area (Å²) in [7, 11) is 0. The molecular formula is C28H30N2O2. The van der Waals surface area contributed by atoms with Gasteiger partial charge in [-0.25, -0.2) is 4.79 Å². The molecule has 3 aromatic carbocycles. The van der Waals surface area contributed by atoms with Crippen LogP contribution in [0.2, 0.25) is 0 Å². The molecule has 2 N–H and O–H groups in total. The molecule has 1 heterocycles. The molecule has 4 nitrogen and oxygen atoms in total. The minimum absolute atomic E-state index is 0.341. The average molecular weight is 427 g/mol. The molecule has 0 bridgehead atoms. The van der Waals surface area contributed by atoms with Crippen molar-refractivity contribution >= 4 is 16.9 Å². The summed E-state index contributed by atoms with van der Waals surface area (Å²) in [6, 6.07) is 24.7. The van der Waals surface area contributed by atoms with Crippen LogP contribution >= 0.6 is 0 Å². The maximum atomic E-state index is 12.4. The second-order valence-corrected chi connectivity index (χ2v) is 8.61. The van der Waals surface area contributed by atoms with Crippen LogP contribution in [0, 0.1) is 13.8 Å². The molecule has 1 atom stereocenters. The smallest absolute Gasteiger partial charge is 0.352 e. The van der Waals surface area contributed by atoms with Crippen LogP contribution in [0.15, 0.2) is 72.8 Å². The molecule has 164 valence electrons. The zero-order chi connectivity index (χ0) is 22.7. The Kier molecular flexibility index (Phi) is 6.42. The van der Waals surface area contributed by atoms with Crippen LogP contribution in [0.1, 0.15) is 51.1 Å². The van der Waals surface area contributed by atoms with Gasteiger partial charge in [-0.1, -0.05) is 79.2 Å². The molecule has 0 radical (unpaired) electrons. The molecule has 0 aliphatic heterocycles. The molecule has 0 aliphatic rings. The highest BCUT2D eigenvalue weighted by molar-refractivity contribution is 5.98. The van der Waals surface area contributed by atoms with Crippen molar-refractivity contribution in [1.82, 2.24) is 9.88 Å². The third kappa shape index (κ3) is 4.46. The molecule has 0 saturated heterocycles. The van der Waals surface area contributed by atoms with Crippen molar-refractivity contribution in [2.45, 2.75) is 39.8 Å². The van der Waals surface area contributed by atoms with E-state index in [0.29, 0.717) is 24.7 Å². The number of nitrogens with zero attached hydrogens (tertiary/aromatic N) is 1. The summed E-state index contributed by atoms with van der Waals surface area (Å²) in [6.45, 7) is 8.16. The number of rotatable bonds is 8. The van der Waals surface area contributed by atoms with Gasteiger partial charge in [0.15, 0.2) is 0 Å². The molecule has 4 heteroatoms. The number of aryl methyl sites for hydroxylation is 2. The van der Waals surface area contributed by atoms with E-state index in [1.165, 1.54) is 16.7 Å². The molecule has 0 unspecified atom stereocenters. The van der Waals surface area contributed by atoms with Gasteiger partial charge < -0.3 is 15.0 Å². The van der Waals surface area contributed by atoms with Crippen LogP contribution in [0.4, 0.5) is 0 Å². The summed E-state index contributed by atoms with van der Waals surface area (Å²) in [4.78, 5) is 12.4. The Morgan fingerprint density at radius 3 is 2.47 bits per heavy atom. The number of carbonyl (C=O) groups is 1. The van der Waals surface area contributed by atoms with Crippen molar-refractivity contribution < 1.29 is 9.90 Å². The summed E-state index contributed by atoms with van der Waals surface area (Å²) in [6.07, 6.45) is 0. The SMILES string of the molecule is Cc1ccc(C)c(Cn2c(C(=O)O)c(CNC[C@H](C)c3ccccc3)c3ccccc32)c1. The molecule has 32 heavy (non-hydrogen) atoms. The Morgan fingerprint density at radius 2 is 1.72 bits per heavy atom. The number of hydrogen-bond donors (Lipinski definition) is 2. The number of para-hydroxylation sites is 1. The Hall–Kier alpha value is -3.37. The topological polar surface area (TPSA) is 54.3 Å². The largest absolute Gasteiger partial charge is 0.477 e. The quantitative estimate of drug-likeness (QED) is 0.369. The first-order valence-corrected chi connectivity index (χ1v) is 11.1. The summed E-state index contributed by atoms with van der Waals surface area (Å²) >= 11 is 0. The van der Waals surface area contributed by atoms with Gasteiger partial charge in [0.25, 0.3) is 0 Å². The van der Waals surface area contributed by atoms with E-state index >= 15 is 0 Å². The van der Waals surface area contributed by atoms with Crippen molar-refractivity contribution in [3.8, 4) is 0 Å². The number of nitrogens with one attached hydrogen (secondary N) is 1. The number of carboxylic acids is 1. The zero-order valence-corrected chi connectivity index (χ0v) is 18.9. The summed E-state index contributed by atoms with van der Waals surface area (Å²) in [5, 5.41) is 14.7. The van der Waals surface area contributed by atoms with Gasteiger partial charge in [0, 0.05) is 36.1 Å². The van der Waals surface area contributed by atoms with Gasteiger partial charge in [0.2, 0.25) is 0 Å². The molecule has 0 spiro atoms. The van der Waals surface area contributed by atoms with E-state index in [-0.39, 0.29) is 0 Å². The standard InChI is InChI=1S/C28H30N2O2/c1-19-13-14-20(2)23(15-19)18-30-26-12-8-7-11-24(26)25(27(30)28(31)32)17-29-16-21(3)22-9-5-4-6-10-22/h4-15,21,29H,16-18H2,1-3H3,(H,31,32)/t21-/m0/s1. The van der Waals surface area contributed by atoms with Crippen molar-refractivity contribution in [2.75, 3.05) is 6.54 Å². The van der Waals surface area contributed by atoms with Gasteiger partial charge in [-0.15, -0.1) is 0 Å². The van der Waals surface area contributed by atoms with E-state index in [1.807, 2.05) is 34.9 Å². The minimum atomic E-state index is -0.889. The third-order valence-corrected chi connectivity index (χ3v) is 6.23. The molecule has 0 saturated carbocycles. The monoisotopic (exact) mass is 426 g/mol. The fraction of sp³-hybridized carbons (Fsp3) is 0.250. The molecule has 1 aromatic heterocycles. The highest BCUT2D eigenvalue weighted by atomic mass is 16.4. The Morgan fingerprint density at radius 1 is 1.00 bits per heavy atom. The van der Waals surface area contributed by atoms with Gasteiger partial charge in [-0.05, 0) is 42.5 Å². The van der Waals surface area contributed by atoms with Crippen LogP contribution in [0.3, 0.4) is 0 Å². The van der Waals surface area contributed by atoms with Crippen LogP contribution in [-0.2, 0) is 13.1 Å². The first-order valence-electron chi connectivity index (χ1n) is 11.1. The lowest BCUT2D eigenvalue weighted by molar-refractivity contribution is 0.0684. The van der Waals surface area contributed by atoms with Crippen LogP contribution in [-0.4, -0.2) is 22.2 Å². The van der Waals surface area contributed by atoms with Crippen molar-refractivity contribution in [1.29, 1.82) is 0 Å². The molecule has 4 rings (SSSR count). The first kappa shape index (κ1) is 21.8. The Bertz CT molecular complexity index is 1240. The normalized spacial score (nSPS) is 12.2. The van der Waals surface area contributed by atoms with Gasteiger partial charge in [0.1, 0.15) is 5.69 Å². The van der Waals surface area contributed by atoms with E-state index in [4.69, 9.17) is 0 Å². The summed E-state index contributed by atoms with van der Waals surface area (Å²) in [5.74, 6) is -0.549. The van der Waals surface area contributed by atoms with Crippen LogP contribution in [0.25, 0.3) is 10.9 Å². The Labute approximate surface area is 189 Å². The fourth-order valence-electron chi connectivity index (χ4n) is 4.42. The van der Waals surface area contributed by atoms with Gasteiger partial charge in [-0.3, -0.25) is 0 Å². The number of aromatic nitrogens is 1. The lowest BCUT2D eigenvalue weighted by atomic mass is 10.0. The first-order chi connectivity index (χ1) is 15.5. The number of benzene rings is 3.